The molecule has 1 fully saturated rings. The van der Waals surface area contributed by atoms with Crippen LogP contribution in [-0.4, -0.2) is 69.2 Å². The number of nitrogens with zero attached hydrogens (tertiary/aromatic N) is 4. The van der Waals surface area contributed by atoms with E-state index in [0.29, 0.717) is 0 Å². The van der Waals surface area contributed by atoms with Crippen LogP contribution < -0.4 is 5.32 Å². The number of aliphatic hydroxyl groups is 1. The molecular formula is C27H32N6O. The number of anilines is 1. The Morgan fingerprint density at radius 3 is 2.44 bits per heavy atom. The summed E-state index contributed by atoms with van der Waals surface area (Å²) in [5, 5.41) is 13.6. The van der Waals surface area contributed by atoms with E-state index in [1.165, 1.54) is 11.1 Å². The molecule has 1 aliphatic heterocycles. The minimum Gasteiger partial charge on any atom is -0.395 e. The Kier molecular flexibility index (Phi) is 6.85. The van der Waals surface area contributed by atoms with Crippen molar-refractivity contribution >= 4 is 16.9 Å². The summed E-state index contributed by atoms with van der Waals surface area (Å²) in [5.41, 5.74) is 5.54. The minimum atomic E-state index is 0.141. The molecule has 0 amide bonds. The molecule has 7 heteroatoms. The molecule has 1 atom stereocenters. The van der Waals surface area contributed by atoms with Gasteiger partial charge in [0.2, 0.25) is 0 Å². The van der Waals surface area contributed by atoms with Crippen LogP contribution in [0.25, 0.3) is 22.3 Å². The molecule has 0 bridgehead atoms. The third-order valence-corrected chi connectivity index (χ3v) is 6.63. The highest BCUT2D eigenvalue weighted by molar-refractivity contribution is 5.91. The quantitative estimate of drug-likeness (QED) is 0.373. The molecule has 7 nitrogen and oxygen atoms in total. The van der Waals surface area contributed by atoms with Gasteiger partial charge in [0.15, 0.2) is 0 Å². The van der Waals surface area contributed by atoms with Crippen molar-refractivity contribution in [1.29, 1.82) is 0 Å². The zero-order valence-corrected chi connectivity index (χ0v) is 19.6. The fourth-order valence-electron chi connectivity index (χ4n) is 4.60. The van der Waals surface area contributed by atoms with Crippen molar-refractivity contribution in [3.8, 4) is 11.3 Å². The Morgan fingerprint density at radius 2 is 1.71 bits per heavy atom. The topological polar surface area (TPSA) is 80.3 Å². The van der Waals surface area contributed by atoms with Gasteiger partial charge in [-0.2, -0.15) is 0 Å². The highest BCUT2D eigenvalue weighted by Crippen LogP contribution is 2.29. The van der Waals surface area contributed by atoms with Crippen molar-refractivity contribution in [2.24, 2.45) is 0 Å². The van der Waals surface area contributed by atoms with Crippen molar-refractivity contribution in [3.05, 3.63) is 78.1 Å². The summed E-state index contributed by atoms with van der Waals surface area (Å²) >= 11 is 0. The van der Waals surface area contributed by atoms with Crippen molar-refractivity contribution in [1.82, 2.24) is 24.8 Å². The third kappa shape index (κ3) is 5.12. The Morgan fingerprint density at radius 1 is 0.971 bits per heavy atom. The minimum absolute atomic E-state index is 0.141. The van der Waals surface area contributed by atoms with E-state index in [9.17, 15) is 0 Å². The van der Waals surface area contributed by atoms with Crippen molar-refractivity contribution < 1.29 is 5.11 Å². The van der Waals surface area contributed by atoms with Crippen LogP contribution in [0.5, 0.6) is 0 Å². The lowest BCUT2D eigenvalue weighted by Gasteiger charge is -2.34. The number of aliphatic hydroxyl groups excluding tert-OH is 1. The van der Waals surface area contributed by atoms with E-state index in [0.717, 1.165) is 67.4 Å². The number of benzene rings is 2. The van der Waals surface area contributed by atoms with Gasteiger partial charge in [-0.25, -0.2) is 9.97 Å². The number of hydrogen-bond donors (Lipinski definition) is 3. The number of fused-ring (bicyclic) bond motifs is 1. The van der Waals surface area contributed by atoms with E-state index in [4.69, 9.17) is 5.11 Å². The number of aromatic amines is 1. The fraction of sp³-hybridized carbons (Fsp3) is 0.333. The van der Waals surface area contributed by atoms with Crippen molar-refractivity contribution in [3.63, 3.8) is 0 Å². The van der Waals surface area contributed by atoms with Crippen LogP contribution in [0.3, 0.4) is 0 Å². The molecule has 3 heterocycles. The summed E-state index contributed by atoms with van der Waals surface area (Å²) in [6.07, 6.45) is 1.60. The second-order valence-electron chi connectivity index (χ2n) is 8.98. The molecule has 0 saturated carbocycles. The van der Waals surface area contributed by atoms with Crippen molar-refractivity contribution in [2.75, 3.05) is 44.6 Å². The Bertz CT molecular complexity index is 1200. The number of β-amino-alcohol motifs (C(OH)–C–C–N with tert-alkyl or cyclic N) is 1. The monoisotopic (exact) mass is 456 g/mol. The number of aromatic nitrogens is 3. The predicted octanol–water partition coefficient (Wildman–Crippen LogP) is 3.91. The molecule has 2 aromatic heterocycles. The highest BCUT2D eigenvalue weighted by Gasteiger charge is 2.17. The maximum atomic E-state index is 9.12. The maximum Gasteiger partial charge on any atom is 0.143 e. The lowest BCUT2D eigenvalue weighted by molar-refractivity contribution is 0.108. The summed E-state index contributed by atoms with van der Waals surface area (Å²) in [6.45, 7) is 8.24. The van der Waals surface area contributed by atoms with Gasteiger partial charge in [0, 0.05) is 51.0 Å². The van der Waals surface area contributed by atoms with E-state index in [1.54, 1.807) is 6.33 Å². The number of H-pyrrole nitrogens is 1. The first-order valence-electron chi connectivity index (χ1n) is 12.0. The number of hydrogen-bond acceptors (Lipinski definition) is 6. The first-order chi connectivity index (χ1) is 16.7. The summed E-state index contributed by atoms with van der Waals surface area (Å²) in [4.78, 5) is 17.2. The number of rotatable bonds is 8. The molecule has 1 unspecified atom stereocenters. The molecule has 0 spiro atoms. The number of piperazine rings is 1. The highest BCUT2D eigenvalue weighted by atomic mass is 16.3. The zero-order valence-electron chi connectivity index (χ0n) is 19.6. The first-order valence-corrected chi connectivity index (χ1v) is 12.0. The van der Waals surface area contributed by atoms with Gasteiger partial charge in [0.05, 0.1) is 12.0 Å². The van der Waals surface area contributed by atoms with Crippen LogP contribution in [-0.2, 0) is 6.54 Å². The molecular weight excluding hydrogens is 424 g/mol. The summed E-state index contributed by atoms with van der Waals surface area (Å²) in [7, 11) is 0. The van der Waals surface area contributed by atoms with Crippen LogP contribution in [0.4, 0.5) is 5.82 Å². The second kappa shape index (κ2) is 10.3. The van der Waals surface area contributed by atoms with E-state index in [-0.39, 0.29) is 12.6 Å². The summed E-state index contributed by atoms with van der Waals surface area (Å²) in [6, 6.07) is 21.4. The van der Waals surface area contributed by atoms with Gasteiger partial charge in [0.1, 0.15) is 17.8 Å². The van der Waals surface area contributed by atoms with Gasteiger partial charge in [-0.1, -0.05) is 54.6 Å². The van der Waals surface area contributed by atoms with E-state index < -0.39 is 0 Å². The van der Waals surface area contributed by atoms with Crippen LogP contribution in [0.1, 0.15) is 24.1 Å². The zero-order chi connectivity index (χ0) is 23.3. The SMILES string of the molecule is CC(Nc1ncnc2[nH]c(-c3ccc(CN4CCN(CCO)CC4)cc3)cc12)c1ccccc1. The molecule has 2 aromatic carbocycles. The molecule has 0 radical (unpaired) electrons. The lowest BCUT2D eigenvalue weighted by atomic mass is 10.1. The normalized spacial score (nSPS) is 16.1. The van der Waals surface area contributed by atoms with Crippen LogP contribution >= 0.6 is 0 Å². The Labute approximate surface area is 200 Å². The van der Waals surface area contributed by atoms with Gasteiger partial charge >= 0.3 is 0 Å². The van der Waals surface area contributed by atoms with E-state index in [1.807, 2.05) is 6.07 Å². The molecule has 4 aromatic rings. The van der Waals surface area contributed by atoms with Gasteiger partial charge in [-0.3, -0.25) is 9.80 Å². The van der Waals surface area contributed by atoms with E-state index in [2.05, 4.69) is 91.6 Å². The summed E-state index contributed by atoms with van der Waals surface area (Å²) < 4.78 is 0. The molecule has 176 valence electrons. The molecule has 1 saturated heterocycles. The van der Waals surface area contributed by atoms with Crippen LogP contribution in [0.2, 0.25) is 0 Å². The molecule has 3 N–H and O–H groups in total. The van der Waals surface area contributed by atoms with Gasteiger partial charge in [-0.15, -0.1) is 0 Å². The number of nitrogens with one attached hydrogen (secondary N) is 2. The standard InChI is InChI=1S/C27H32N6O/c1-20(22-5-3-2-4-6-22)30-26-24-17-25(31-27(24)29-19-28-26)23-9-7-21(8-10-23)18-33-13-11-32(12-14-33)15-16-34/h2-10,17,19-20,34H,11-16,18H2,1H3,(H2,28,29,30,31). The van der Waals surface area contributed by atoms with Gasteiger partial charge in [-0.05, 0) is 29.7 Å². The molecule has 5 rings (SSSR count). The van der Waals surface area contributed by atoms with Gasteiger partial charge < -0.3 is 15.4 Å². The Balaban J connectivity index is 1.28. The second-order valence-corrected chi connectivity index (χ2v) is 8.98. The Hall–Kier alpha value is -3.26. The molecule has 1 aliphatic rings. The fourth-order valence-corrected chi connectivity index (χ4v) is 4.60. The molecule has 0 aliphatic carbocycles. The average molecular weight is 457 g/mol. The first kappa shape index (κ1) is 22.5. The maximum absolute atomic E-state index is 9.12. The summed E-state index contributed by atoms with van der Waals surface area (Å²) in [5.74, 6) is 0.834. The van der Waals surface area contributed by atoms with Crippen molar-refractivity contribution in [2.45, 2.75) is 19.5 Å². The van der Waals surface area contributed by atoms with Crippen LogP contribution in [0.15, 0.2) is 67.0 Å². The largest absolute Gasteiger partial charge is 0.395 e. The van der Waals surface area contributed by atoms with E-state index >= 15 is 0 Å². The smallest absolute Gasteiger partial charge is 0.143 e. The lowest BCUT2D eigenvalue weighted by Crippen LogP contribution is -2.46. The third-order valence-electron chi connectivity index (χ3n) is 6.63. The van der Waals surface area contributed by atoms with Gasteiger partial charge in [0.25, 0.3) is 0 Å². The average Bonchev–Trinajstić information content (AvgIpc) is 3.32. The molecule has 34 heavy (non-hydrogen) atoms. The van der Waals surface area contributed by atoms with Crippen LogP contribution in [0, 0.1) is 0 Å². The predicted molar refractivity (Wildman–Crippen MR) is 137 cm³/mol.